The third-order valence-electron chi connectivity index (χ3n) is 2.41. The molecule has 1 rings (SSSR count). The van der Waals surface area contributed by atoms with Crippen molar-refractivity contribution in [1.29, 1.82) is 0 Å². The number of nitrogens with zero attached hydrogens (tertiary/aromatic N) is 3. The molecular weight excluding hydrogens is 190 g/mol. The van der Waals surface area contributed by atoms with Crippen LogP contribution in [0.1, 0.15) is 30.0 Å². The Labute approximate surface area is 90.3 Å². The van der Waals surface area contributed by atoms with Crippen LogP contribution in [0.25, 0.3) is 0 Å². The Balaban J connectivity index is 2.46. The van der Waals surface area contributed by atoms with Crippen LogP contribution >= 0.6 is 0 Å². The fourth-order valence-corrected chi connectivity index (χ4v) is 1.35. The third-order valence-corrected chi connectivity index (χ3v) is 2.41. The Kier molecular flexibility index (Phi) is 4.90. The molecule has 0 radical (unpaired) electrons. The molecule has 0 atom stereocenters. The van der Waals surface area contributed by atoms with Crippen molar-refractivity contribution in [3.63, 3.8) is 0 Å². The molecule has 4 heteroatoms. The summed E-state index contributed by atoms with van der Waals surface area (Å²) in [7, 11) is 0. The van der Waals surface area contributed by atoms with E-state index in [-0.39, 0.29) is 0 Å². The van der Waals surface area contributed by atoms with Gasteiger partial charge in [-0.15, -0.1) is 0 Å². The summed E-state index contributed by atoms with van der Waals surface area (Å²) in [6, 6.07) is 0. The van der Waals surface area contributed by atoms with Gasteiger partial charge in [0.2, 0.25) is 0 Å². The van der Waals surface area contributed by atoms with Gasteiger partial charge >= 0.3 is 0 Å². The molecule has 0 unspecified atom stereocenters. The van der Waals surface area contributed by atoms with Crippen molar-refractivity contribution in [2.75, 3.05) is 19.6 Å². The van der Waals surface area contributed by atoms with Crippen molar-refractivity contribution in [2.45, 2.75) is 20.3 Å². The second-order valence-electron chi connectivity index (χ2n) is 3.33. The predicted octanol–water partition coefficient (Wildman–Crippen LogP) is 1.17. The van der Waals surface area contributed by atoms with Crippen LogP contribution in [-0.2, 0) is 6.42 Å². The molecule has 1 aromatic heterocycles. The molecule has 4 nitrogen and oxygen atoms in total. The van der Waals surface area contributed by atoms with E-state index in [4.69, 9.17) is 0 Å². The number of rotatable bonds is 6. The Morgan fingerprint density at radius 1 is 1.27 bits per heavy atom. The summed E-state index contributed by atoms with van der Waals surface area (Å²) in [4.78, 5) is 20.9. The van der Waals surface area contributed by atoms with Crippen molar-refractivity contribution in [3.8, 4) is 0 Å². The summed E-state index contributed by atoms with van der Waals surface area (Å²) in [5.41, 5.74) is 0.529. The summed E-state index contributed by atoms with van der Waals surface area (Å²) in [6.45, 7) is 7.33. The number of carbonyl (C=O) groups excluding carboxylic acids is 1. The first-order chi connectivity index (χ1) is 7.30. The largest absolute Gasteiger partial charge is 0.303 e. The molecule has 0 saturated carbocycles. The van der Waals surface area contributed by atoms with Crippen LogP contribution in [-0.4, -0.2) is 40.8 Å². The van der Waals surface area contributed by atoms with Crippen LogP contribution in [0, 0.1) is 0 Å². The first kappa shape index (κ1) is 11.8. The molecule has 0 saturated heterocycles. The van der Waals surface area contributed by atoms with Gasteiger partial charge in [0.1, 0.15) is 5.82 Å². The normalized spacial score (nSPS) is 10.6. The Hall–Kier alpha value is -1.29. The molecule has 0 fully saturated rings. The van der Waals surface area contributed by atoms with Crippen LogP contribution in [0.15, 0.2) is 12.4 Å². The highest BCUT2D eigenvalue weighted by atomic mass is 16.1. The minimum atomic E-state index is 0.529. The average molecular weight is 207 g/mol. The van der Waals surface area contributed by atoms with Gasteiger partial charge in [-0.1, -0.05) is 13.8 Å². The molecule has 1 aromatic rings. The first-order valence-corrected chi connectivity index (χ1v) is 5.28. The highest BCUT2D eigenvalue weighted by molar-refractivity contribution is 5.73. The summed E-state index contributed by atoms with van der Waals surface area (Å²) >= 11 is 0. The lowest BCUT2D eigenvalue weighted by atomic mass is 10.3. The second kappa shape index (κ2) is 6.24. The molecule has 0 bridgehead atoms. The second-order valence-corrected chi connectivity index (χ2v) is 3.33. The van der Waals surface area contributed by atoms with E-state index >= 15 is 0 Å². The van der Waals surface area contributed by atoms with E-state index in [9.17, 15) is 4.79 Å². The number of hydrogen-bond acceptors (Lipinski definition) is 4. The van der Waals surface area contributed by atoms with Crippen LogP contribution in [0.4, 0.5) is 0 Å². The van der Waals surface area contributed by atoms with Gasteiger partial charge in [0.05, 0.1) is 5.56 Å². The lowest BCUT2D eigenvalue weighted by Crippen LogP contribution is -2.25. The Bertz CT molecular complexity index is 293. The van der Waals surface area contributed by atoms with E-state index in [1.54, 1.807) is 12.4 Å². The highest BCUT2D eigenvalue weighted by Gasteiger charge is 2.01. The molecule has 0 spiro atoms. The number of hydrogen-bond donors (Lipinski definition) is 0. The van der Waals surface area contributed by atoms with Gasteiger partial charge in [0.25, 0.3) is 0 Å². The average Bonchev–Trinajstić information content (AvgIpc) is 2.31. The van der Waals surface area contributed by atoms with Crippen molar-refractivity contribution in [1.82, 2.24) is 14.9 Å². The number of carbonyl (C=O) groups is 1. The van der Waals surface area contributed by atoms with Crippen LogP contribution in [0.2, 0.25) is 0 Å². The number of aromatic nitrogens is 2. The zero-order valence-electron chi connectivity index (χ0n) is 9.31. The molecule has 0 aliphatic rings. The molecule has 0 aliphatic carbocycles. The van der Waals surface area contributed by atoms with Crippen molar-refractivity contribution < 1.29 is 4.79 Å². The smallest absolute Gasteiger partial charge is 0.153 e. The van der Waals surface area contributed by atoms with Gasteiger partial charge in [0.15, 0.2) is 6.29 Å². The summed E-state index contributed by atoms with van der Waals surface area (Å²) in [6.07, 6.45) is 4.73. The maximum absolute atomic E-state index is 10.4. The zero-order chi connectivity index (χ0) is 11.1. The summed E-state index contributed by atoms with van der Waals surface area (Å²) < 4.78 is 0. The molecule has 0 N–H and O–H groups in total. The molecule has 0 aliphatic heterocycles. The van der Waals surface area contributed by atoms with Gasteiger partial charge < -0.3 is 4.90 Å². The van der Waals surface area contributed by atoms with Gasteiger partial charge in [-0.2, -0.15) is 0 Å². The van der Waals surface area contributed by atoms with Crippen LogP contribution in [0.3, 0.4) is 0 Å². The van der Waals surface area contributed by atoms with E-state index in [0.717, 1.165) is 38.2 Å². The van der Waals surface area contributed by atoms with Crippen LogP contribution in [0.5, 0.6) is 0 Å². The fraction of sp³-hybridized carbons (Fsp3) is 0.545. The van der Waals surface area contributed by atoms with E-state index in [2.05, 4.69) is 28.7 Å². The van der Waals surface area contributed by atoms with Gasteiger partial charge in [-0.3, -0.25) is 4.79 Å². The maximum Gasteiger partial charge on any atom is 0.153 e. The minimum Gasteiger partial charge on any atom is -0.303 e. The first-order valence-electron chi connectivity index (χ1n) is 5.28. The number of aldehydes is 1. The highest BCUT2D eigenvalue weighted by Crippen LogP contribution is 1.96. The monoisotopic (exact) mass is 207 g/mol. The summed E-state index contributed by atoms with van der Waals surface area (Å²) in [5.74, 6) is 0.799. The van der Waals surface area contributed by atoms with Crippen LogP contribution < -0.4 is 0 Å². The Morgan fingerprint density at radius 3 is 2.33 bits per heavy atom. The molecule has 1 heterocycles. The third kappa shape index (κ3) is 3.75. The zero-order valence-corrected chi connectivity index (χ0v) is 9.31. The molecule has 0 aromatic carbocycles. The van der Waals surface area contributed by atoms with Gasteiger partial charge in [-0.25, -0.2) is 9.97 Å². The van der Waals surface area contributed by atoms with Crippen molar-refractivity contribution in [3.05, 3.63) is 23.8 Å². The quantitative estimate of drug-likeness (QED) is 0.657. The van der Waals surface area contributed by atoms with E-state index in [1.807, 2.05) is 0 Å². The predicted molar refractivity (Wildman–Crippen MR) is 58.9 cm³/mol. The molecule has 82 valence electrons. The molecule has 15 heavy (non-hydrogen) atoms. The minimum absolute atomic E-state index is 0.529. The maximum atomic E-state index is 10.4. The van der Waals surface area contributed by atoms with E-state index < -0.39 is 0 Å². The summed E-state index contributed by atoms with van der Waals surface area (Å²) in [5, 5.41) is 0. The van der Waals surface area contributed by atoms with E-state index in [0.29, 0.717) is 5.56 Å². The lowest BCUT2D eigenvalue weighted by Gasteiger charge is -2.16. The Morgan fingerprint density at radius 2 is 1.87 bits per heavy atom. The SMILES string of the molecule is CCN(CC)CCc1ncc(C=O)cn1. The van der Waals surface area contributed by atoms with Gasteiger partial charge in [0, 0.05) is 25.4 Å². The topological polar surface area (TPSA) is 46.1 Å². The number of likely N-dealkylation sites (N-methyl/N-ethyl adjacent to an activating group) is 1. The van der Waals surface area contributed by atoms with Gasteiger partial charge in [-0.05, 0) is 13.1 Å². The fourth-order valence-electron chi connectivity index (χ4n) is 1.35. The van der Waals surface area contributed by atoms with Crippen molar-refractivity contribution >= 4 is 6.29 Å². The molecular formula is C11H17N3O. The lowest BCUT2D eigenvalue weighted by molar-refractivity contribution is 0.112. The van der Waals surface area contributed by atoms with Crippen molar-refractivity contribution in [2.24, 2.45) is 0 Å². The van der Waals surface area contributed by atoms with E-state index in [1.165, 1.54) is 0 Å². The standard InChI is InChI=1S/C11H17N3O/c1-3-14(4-2)6-5-11-12-7-10(9-15)8-13-11/h7-9H,3-6H2,1-2H3. The molecule has 0 amide bonds.